The molecule has 0 bridgehead atoms. The van der Waals surface area contributed by atoms with Crippen LogP contribution in [0.4, 0.5) is 5.00 Å². The number of carbonyl (C=O) groups excluding carboxylic acids is 3. The second-order valence-electron chi connectivity index (χ2n) is 7.35. The molecule has 0 spiro atoms. The summed E-state index contributed by atoms with van der Waals surface area (Å²) >= 11 is 2.31. The highest BCUT2D eigenvalue weighted by Gasteiger charge is 2.25. The molecule has 1 amide bonds. The number of hydrogen-bond donors (Lipinski definition) is 1. The van der Waals surface area contributed by atoms with Crippen molar-refractivity contribution in [2.24, 2.45) is 0 Å². The lowest BCUT2D eigenvalue weighted by Gasteiger charge is -2.11. The van der Waals surface area contributed by atoms with Crippen LogP contribution in [0.2, 0.25) is 0 Å². The first-order valence-electron chi connectivity index (χ1n) is 11.2. The van der Waals surface area contributed by atoms with Crippen LogP contribution >= 0.6 is 23.1 Å². The van der Waals surface area contributed by atoms with Gasteiger partial charge in [0.05, 0.1) is 35.0 Å². The summed E-state index contributed by atoms with van der Waals surface area (Å²) in [6, 6.07) is 7.61. The monoisotopic (exact) mass is 516 g/mol. The number of para-hydroxylation sites is 1. The van der Waals surface area contributed by atoms with E-state index in [1.807, 2.05) is 42.7 Å². The van der Waals surface area contributed by atoms with E-state index in [2.05, 4.69) is 15.5 Å². The van der Waals surface area contributed by atoms with E-state index in [1.165, 1.54) is 18.7 Å². The molecule has 1 aromatic carbocycles. The summed E-state index contributed by atoms with van der Waals surface area (Å²) in [6.07, 6.45) is 0. The standard InChI is InChI=1S/C24H28N4O5S2/c1-6-28-21(16-11-9-10-12-17(16)32-7-2)26-27-24(28)34-13-18(30)25-22-19(23(31)33-8-3)14(4)20(35-22)15(5)29/h9-12H,6-8,13H2,1-5H3,(H,25,30). The Labute approximate surface area is 212 Å². The van der Waals surface area contributed by atoms with Gasteiger partial charge in [0.1, 0.15) is 10.8 Å². The van der Waals surface area contributed by atoms with Crippen LogP contribution in [0.5, 0.6) is 5.75 Å². The molecule has 2 aromatic heterocycles. The minimum absolute atomic E-state index is 0.0415. The van der Waals surface area contributed by atoms with E-state index < -0.39 is 5.97 Å². The maximum absolute atomic E-state index is 12.8. The Morgan fingerprint density at radius 3 is 2.51 bits per heavy atom. The zero-order chi connectivity index (χ0) is 25.5. The lowest BCUT2D eigenvalue weighted by molar-refractivity contribution is -0.113. The lowest BCUT2D eigenvalue weighted by Crippen LogP contribution is -2.17. The second-order valence-corrected chi connectivity index (χ2v) is 9.32. The Morgan fingerprint density at radius 2 is 1.86 bits per heavy atom. The second kappa shape index (κ2) is 12.0. The van der Waals surface area contributed by atoms with Crippen molar-refractivity contribution in [3.05, 3.63) is 40.3 Å². The van der Waals surface area contributed by atoms with Crippen molar-refractivity contribution in [2.75, 3.05) is 24.3 Å². The zero-order valence-corrected chi connectivity index (χ0v) is 22.0. The summed E-state index contributed by atoms with van der Waals surface area (Å²) < 4.78 is 12.8. The number of ketones is 1. The third kappa shape index (κ3) is 5.91. The van der Waals surface area contributed by atoms with Crippen molar-refractivity contribution in [1.82, 2.24) is 14.8 Å². The molecule has 0 unspecified atom stereocenters. The normalized spacial score (nSPS) is 10.8. The van der Waals surface area contributed by atoms with E-state index in [0.29, 0.717) is 45.3 Å². The van der Waals surface area contributed by atoms with Gasteiger partial charge in [-0.3, -0.25) is 9.59 Å². The van der Waals surface area contributed by atoms with Crippen molar-refractivity contribution in [1.29, 1.82) is 0 Å². The Kier molecular flexibility index (Phi) is 9.05. The molecule has 1 N–H and O–H groups in total. The molecule has 0 radical (unpaired) electrons. The zero-order valence-electron chi connectivity index (χ0n) is 20.3. The molecule has 0 fully saturated rings. The molecule has 2 heterocycles. The van der Waals surface area contributed by atoms with E-state index >= 15 is 0 Å². The molecule has 3 rings (SSSR count). The maximum atomic E-state index is 12.8. The Morgan fingerprint density at radius 1 is 1.11 bits per heavy atom. The first-order valence-corrected chi connectivity index (χ1v) is 13.0. The number of thioether (sulfide) groups is 1. The number of hydrogen-bond acceptors (Lipinski definition) is 9. The number of ether oxygens (including phenoxy) is 2. The summed E-state index contributed by atoms with van der Waals surface area (Å²) in [5, 5.41) is 12.3. The van der Waals surface area contributed by atoms with Gasteiger partial charge in [0.15, 0.2) is 16.8 Å². The molecule has 186 valence electrons. The lowest BCUT2D eigenvalue weighted by atomic mass is 10.1. The number of amides is 1. The number of esters is 1. The number of benzene rings is 1. The van der Waals surface area contributed by atoms with Gasteiger partial charge in [0.2, 0.25) is 5.91 Å². The molecule has 9 nitrogen and oxygen atoms in total. The van der Waals surface area contributed by atoms with Crippen molar-refractivity contribution in [3.63, 3.8) is 0 Å². The van der Waals surface area contributed by atoms with Gasteiger partial charge in [-0.25, -0.2) is 4.79 Å². The average Bonchev–Trinajstić information content (AvgIpc) is 3.38. The first kappa shape index (κ1) is 26.4. The summed E-state index contributed by atoms with van der Waals surface area (Å²) in [7, 11) is 0. The van der Waals surface area contributed by atoms with Gasteiger partial charge < -0.3 is 19.4 Å². The fourth-order valence-corrected chi connectivity index (χ4v) is 5.40. The van der Waals surface area contributed by atoms with Crippen molar-refractivity contribution in [2.45, 2.75) is 46.3 Å². The highest BCUT2D eigenvalue weighted by atomic mass is 32.2. The van der Waals surface area contributed by atoms with Crippen LogP contribution in [-0.4, -0.2) is 51.4 Å². The minimum Gasteiger partial charge on any atom is -0.493 e. The van der Waals surface area contributed by atoms with E-state index in [1.54, 1.807) is 13.8 Å². The number of carbonyl (C=O) groups is 3. The number of rotatable bonds is 11. The molecule has 3 aromatic rings. The Bertz CT molecular complexity index is 1230. The third-order valence-corrected chi connectivity index (χ3v) is 7.27. The molecule has 0 aliphatic rings. The predicted molar refractivity (Wildman–Crippen MR) is 137 cm³/mol. The number of anilines is 1. The van der Waals surface area contributed by atoms with Crippen LogP contribution in [-0.2, 0) is 16.1 Å². The number of Topliss-reactive ketones (excluding diaryl/α,β-unsaturated/α-hetero) is 1. The van der Waals surface area contributed by atoms with Gasteiger partial charge in [-0.05, 0) is 52.3 Å². The van der Waals surface area contributed by atoms with E-state index in [-0.39, 0.29) is 29.6 Å². The Hall–Kier alpha value is -3.18. The van der Waals surface area contributed by atoms with Gasteiger partial charge in [-0.15, -0.1) is 21.5 Å². The van der Waals surface area contributed by atoms with E-state index in [9.17, 15) is 14.4 Å². The fourth-order valence-electron chi connectivity index (χ4n) is 3.49. The van der Waals surface area contributed by atoms with Crippen LogP contribution in [0.1, 0.15) is 53.3 Å². The first-order chi connectivity index (χ1) is 16.8. The fraction of sp³-hybridized carbons (Fsp3) is 0.375. The summed E-state index contributed by atoms with van der Waals surface area (Å²) in [5.74, 6) is 0.332. The van der Waals surface area contributed by atoms with Crippen LogP contribution in [0.25, 0.3) is 11.4 Å². The Balaban J connectivity index is 1.79. The van der Waals surface area contributed by atoms with Crippen LogP contribution in [0.15, 0.2) is 29.4 Å². The average molecular weight is 517 g/mol. The quantitative estimate of drug-likeness (QED) is 0.219. The SMILES string of the molecule is CCOC(=O)c1c(NC(=O)CSc2nnc(-c3ccccc3OCC)n2CC)sc(C(C)=O)c1C. The van der Waals surface area contributed by atoms with Gasteiger partial charge in [-0.1, -0.05) is 23.9 Å². The molecule has 0 atom stereocenters. The van der Waals surface area contributed by atoms with Crippen molar-refractivity contribution >= 4 is 45.8 Å². The summed E-state index contributed by atoms with van der Waals surface area (Å²) in [5.41, 5.74) is 1.55. The van der Waals surface area contributed by atoms with Gasteiger partial charge in [0, 0.05) is 6.54 Å². The van der Waals surface area contributed by atoms with Crippen molar-refractivity contribution < 1.29 is 23.9 Å². The smallest absolute Gasteiger partial charge is 0.341 e. The summed E-state index contributed by atoms with van der Waals surface area (Å²) in [4.78, 5) is 37.6. The molecule has 35 heavy (non-hydrogen) atoms. The molecule has 0 aliphatic heterocycles. The van der Waals surface area contributed by atoms with E-state index in [0.717, 1.165) is 16.9 Å². The van der Waals surface area contributed by atoms with Crippen LogP contribution in [0, 0.1) is 6.92 Å². The topological polar surface area (TPSA) is 112 Å². The molecule has 0 aliphatic carbocycles. The maximum Gasteiger partial charge on any atom is 0.341 e. The van der Waals surface area contributed by atoms with Crippen LogP contribution < -0.4 is 10.1 Å². The van der Waals surface area contributed by atoms with Gasteiger partial charge in [-0.2, -0.15) is 0 Å². The van der Waals surface area contributed by atoms with Gasteiger partial charge in [0.25, 0.3) is 0 Å². The largest absolute Gasteiger partial charge is 0.493 e. The summed E-state index contributed by atoms with van der Waals surface area (Å²) in [6.45, 7) is 10.0. The highest BCUT2D eigenvalue weighted by molar-refractivity contribution is 7.99. The predicted octanol–water partition coefficient (Wildman–Crippen LogP) is 4.84. The van der Waals surface area contributed by atoms with Crippen LogP contribution in [0.3, 0.4) is 0 Å². The molecular weight excluding hydrogens is 488 g/mol. The van der Waals surface area contributed by atoms with E-state index in [4.69, 9.17) is 9.47 Å². The molecule has 0 saturated carbocycles. The third-order valence-electron chi connectivity index (χ3n) is 4.99. The van der Waals surface area contributed by atoms with Gasteiger partial charge >= 0.3 is 5.97 Å². The number of aromatic nitrogens is 3. The molecular formula is C24H28N4O5S2. The number of nitrogens with zero attached hydrogens (tertiary/aromatic N) is 3. The molecule has 11 heteroatoms. The highest BCUT2D eigenvalue weighted by Crippen LogP contribution is 2.35. The number of thiophene rings is 1. The molecule has 0 saturated heterocycles. The van der Waals surface area contributed by atoms with Crippen molar-refractivity contribution in [3.8, 4) is 17.1 Å². The minimum atomic E-state index is -0.569. The number of nitrogens with one attached hydrogen (secondary N) is 1.